The predicted octanol–water partition coefficient (Wildman–Crippen LogP) is 1.20. The zero-order chi connectivity index (χ0) is 14.1. The molecule has 1 heterocycles. The lowest BCUT2D eigenvalue weighted by atomic mass is 10.1. The minimum atomic E-state index is 0.590. The summed E-state index contributed by atoms with van der Waals surface area (Å²) in [6, 6.07) is 0. The molecule has 0 amide bonds. The number of likely N-dealkylation sites (tertiary alicyclic amines) is 1. The summed E-state index contributed by atoms with van der Waals surface area (Å²) in [6.45, 7) is 9.60. The number of methoxy groups -OCH3 is 1. The summed E-state index contributed by atoms with van der Waals surface area (Å²) in [4.78, 5) is 6.63. The van der Waals surface area contributed by atoms with Gasteiger partial charge in [-0.25, -0.2) is 0 Å². The molecule has 1 saturated heterocycles. The van der Waals surface area contributed by atoms with Crippen molar-refractivity contribution >= 4 is 5.96 Å². The molecule has 0 aromatic rings. The van der Waals surface area contributed by atoms with E-state index >= 15 is 0 Å². The lowest BCUT2D eigenvalue weighted by Crippen LogP contribution is -2.41. The predicted molar refractivity (Wildman–Crippen MR) is 78.6 cm³/mol. The summed E-state index contributed by atoms with van der Waals surface area (Å²) in [5.41, 5.74) is 0. The first-order valence-corrected chi connectivity index (χ1v) is 7.19. The number of hydrogen-bond donors (Lipinski definition) is 1. The van der Waals surface area contributed by atoms with Crippen molar-refractivity contribution in [3.63, 3.8) is 0 Å². The van der Waals surface area contributed by atoms with E-state index < -0.39 is 0 Å². The van der Waals surface area contributed by atoms with Gasteiger partial charge in [-0.2, -0.15) is 0 Å². The molecule has 5 nitrogen and oxygen atoms in total. The van der Waals surface area contributed by atoms with E-state index in [1.54, 1.807) is 7.11 Å². The third kappa shape index (κ3) is 6.25. The Bertz CT molecular complexity index is 269. The van der Waals surface area contributed by atoms with Crippen molar-refractivity contribution in [1.82, 2.24) is 10.2 Å². The standard InChI is InChI=1S/C14H29N3O2/c1-12(2)10-19-8-6-16-14(15-3)17-7-5-13(9-17)11-18-4/h12-13H,5-11H2,1-4H3,(H,15,16). The van der Waals surface area contributed by atoms with Gasteiger partial charge >= 0.3 is 0 Å². The van der Waals surface area contributed by atoms with Gasteiger partial charge in [0.2, 0.25) is 0 Å². The highest BCUT2D eigenvalue weighted by molar-refractivity contribution is 5.80. The van der Waals surface area contributed by atoms with Gasteiger partial charge in [0.1, 0.15) is 0 Å². The van der Waals surface area contributed by atoms with E-state index in [0.29, 0.717) is 11.8 Å². The monoisotopic (exact) mass is 271 g/mol. The molecule has 19 heavy (non-hydrogen) atoms. The maximum Gasteiger partial charge on any atom is 0.193 e. The number of guanidine groups is 1. The van der Waals surface area contributed by atoms with Gasteiger partial charge in [-0.15, -0.1) is 0 Å². The van der Waals surface area contributed by atoms with E-state index in [-0.39, 0.29) is 0 Å². The molecule has 0 aromatic carbocycles. The number of rotatable bonds is 7. The second-order valence-corrected chi connectivity index (χ2v) is 5.50. The fourth-order valence-electron chi connectivity index (χ4n) is 2.28. The van der Waals surface area contributed by atoms with Crippen LogP contribution >= 0.6 is 0 Å². The minimum Gasteiger partial charge on any atom is -0.384 e. The van der Waals surface area contributed by atoms with Crippen LogP contribution in [0, 0.1) is 11.8 Å². The molecule has 5 heteroatoms. The van der Waals surface area contributed by atoms with Crippen molar-refractivity contribution in [3.8, 4) is 0 Å². The molecule has 0 radical (unpaired) electrons. The van der Waals surface area contributed by atoms with Gasteiger partial charge in [0.25, 0.3) is 0 Å². The normalized spacial score (nSPS) is 20.4. The smallest absolute Gasteiger partial charge is 0.193 e. The van der Waals surface area contributed by atoms with Gasteiger partial charge in [0.15, 0.2) is 5.96 Å². The van der Waals surface area contributed by atoms with Crippen molar-refractivity contribution in [3.05, 3.63) is 0 Å². The molecule has 0 spiro atoms. The fourth-order valence-corrected chi connectivity index (χ4v) is 2.28. The Morgan fingerprint density at radius 2 is 2.26 bits per heavy atom. The van der Waals surface area contributed by atoms with E-state index in [1.165, 1.54) is 6.42 Å². The molecule has 1 aliphatic heterocycles. The summed E-state index contributed by atoms with van der Waals surface area (Å²) in [5.74, 6) is 2.19. The highest BCUT2D eigenvalue weighted by Crippen LogP contribution is 2.16. The lowest BCUT2D eigenvalue weighted by molar-refractivity contribution is 0.114. The third-order valence-corrected chi connectivity index (χ3v) is 3.18. The van der Waals surface area contributed by atoms with Crippen LogP contribution < -0.4 is 5.32 Å². The fraction of sp³-hybridized carbons (Fsp3) is 0.929. The van der Waals surface area contributed by atoms with Crippen molar-refractivity contribution in [2.45, 2.75) is 20.3 Å². The molecule has 0 aromatic heterocycles. The lowest BCUT2D eigenvalue weighted by Gasteiger charge is -2.21. The van der Waals surface area contributed by atoms with Crippen LogP contribution in [0.3, 0.4) is 0 Å². The Labute approximate surface area is 117 Å². The van der Waals surface area contributed by atoms with Gasteiger partial charge in [0, 0.05) is 46.3 Å². The Morgan fingerprint density at radius 3 is 2.89 bits per heavy atom. The van der Waals surface area contributed by atoms with E-state index in [0.717, 1.165) is 45.4 Å². The van der Waals surface area contributed by atoms with Crippen molar-refractivity contribution in [2.75, 3.05) is 53.6 Å². The summed E-state index contributed by atoms with van der Waals surface area (Å²) < 4.78 is 10.8. The van der Waals surface area contributed by atoms with E-state index in [4.69, 9.17) is 9.47 Å². The Balaban J connectivity index is 2.20. The second-order valence-electron chi connectivity index (χ2n) is 5.50. The topological polar surface area (TPSA) is 46.1 Å². The molecule has 0 aliphatic carbocycles. The summed E-state index contributed by atoms with van der Waals surface area (Å²) in [6.07, 6.45) is 1.18. The number of aliphatic imine (C=N–C) groups is 1. The summed E-state index contributed by atoms with van der Waals surface area (Å²) in [5, 5.41) is 3.36. The Hall–Kier alpha value is -0.810. The van der Waals surface area contributed by atoms with Crippen LogP contribution in [0.15, 0.2) is 4.99 Å². The molecular formula is C14H29N3O2. The molecule has 0 bridgehead atoms. The van der Waals surface area contributed by atoms with E-state index in [2.05, 4.69) is 29.1 Å². The third-order valence-electron chi connectivity index (χ3n) is 3.18. The van der Waals surface area contributed by atoms with Gasteiger partial charge in [-0.3, -0.25) is 4.99 Å². The average Bonchev–Trinajstić information content (AvgIpc) is 2.82. The quantitative estimate of drug-likeness (QED) is 0.429. The van der Waals surface area contributed by atoms with Crippen molar-refractivity contribution in [2.24, 2.45) is 16.8 Å². The highest BCUT2D eigenvalue weighted by Gasteiger charge is 2.24. The maximum atomic E-state index is 5.56. The van der Waals surface area contributed by atoms with Crippen LogP contribution in [-0.2, 0) is 9.47 Å². The molecule has 0 saturated carbocycles. The van der Waals surface area contributed by atoms with Crippen LogP contribution in [-0.4, -0.2) is 64.5 Å². The van der Waals surface area contributed by atoms with Gasteiger partial charge < -0.3 is 19.7 Å². The molecule has 112 valence electrons. The first kappa shape index (κ1) is 16.2. The van der Waals surface area contributed by atoms with Gasteiger partial charge in [-0.05, 0) is 12.3 Å². The first-order valence-electron chi connectivity index (χ1n) is 7.19. The van der Waals surface area contributed by atoms with Crippen LogP contribution in [0.5, 0.6) is 0 Å². The first-order chi connectivity index (χ1) is 9.17. The molecule has 1 atom stereocenters. The molecule has 1 aliphatic rings. The van der Waals surface area contributed by atoms with Crippen molar-refractivity contribution in [1.29, 1.82) is 0 Å². The summed E-state index contributed by atoms with van der Waals surface area (Å²) >= 11 is 0. The second kappa shape index (κ2) is 9.15. The molecule has 1 N–H and O–H groups in total. The molecular weight excluding hydrogens is 242 g/mol. The van der Waals surface area contributed by atoms with Gasteiger partial charge in [0.05, 0.1) is 13.2 Å². The zero-order valence-corrected chi connectivity index (χ0v) is 12.8. The number of ether oxygens (including phenoxy) is 2. The number of hydrogen-bond acceptors (Lipinski definition) is 3. The Morgan fingerprint density at radius 1 is 1.47 bits per heavy atom. The maximum absolute atomic E-state index is 5.56. The molecule has 1 fully saturated rings. The molecule has 1 unspecified atom stereocenters. The highest BCUT2D eigenvalue weighted by atomic mass is 16.5. The van der Waals surface area contributed by atoms with E-state index in [1.807, 2.05) is 7.05 Å². The van der Waals surface area contributed by atoms with Crippen LogP contribution in [0.2, 0.25) is 0 Å². The zero-order valence-electron chi connectivity index (χ0n) is 12.8. The minimum absolute atomic E-state index is 0.590. The summed E-state index contributed by atoms with van der Waals surface area (Å²) in [7, 11) is 3.60. The SMILES string of the molecule is CN=C(NCCOCC(C)C)N1CCC(COC)C1. The largest absolute Gasteiger partial charge is 0.384 e. The van der Waals surface area contributed by atoms with Crippen LogP contribution in [0.1, 0.15) is 20.3 Å². The number of nitrogens with zero attached hydrogens (tertiary/aromatic N) is 2. The Kier molecular flexibility index (Phi) is 7.82. The number of nitrogens with one attached hydrogen (secondary N) is 1. The van der Waals surface area contributed by atoms with Gasteiger partial charge in [-0.1, -0.05) is 13.8 Å². The van der Waals surface area contributed by atoms with Crippen LogP contribution in [0.25, 0.3) is 0 Å². The molecule has 1 rings (SSSR count). The van der Waals surface area contributed by atoms with E-state index in [9.17, 15) is 0 Å². The van der Waals surface area contributed by atoms with Crippen molar-refractivity contribution < 1.29 is 9.47 Å². The van der Waals surface area contributed by atoms with Crippen LogP contribution in [0.4, 0.5) is 0 Å². The average molecular weight is 271 g/mol.